The molecule has 0 aromatic carbocycles. The molecular weight excluding hydrogens is 210 g/mol. The maximum atomic E-state index is 11.1. The van der Waals surface area contributed by atoms with Crippen LogP contribution in [0.25, 0.3) is 0 Å². The molecule has 2 atom stereocenters. The Morgan fingerprint density at radius 3 is 2.60 bits per heavy atom. The maximum absolute atomic E-state index is 11.1. The van der Waals surface area contributed by atoms with E-state index in [2.05, 4.69) is 5.32 Å². The lowest BCUT2D eigenvalue weighted by atomic mass is 9.83. The van der Waals surface area contributed by atoms with Crippen molar-refractivity contribution < 1.29 is 9.90 Å². The van der Waals surface area contributed by atoms with Crippen LogP contribution >= 0.6 is 11.8 Å². The fourth-order valence-electron chi connectivity index (χ4n) is 2.71. The largest absolute Gasteiger partial charge is 0.480 e. The van der Waals surface area contributed by atoms with Gasteiger partial charge < -0.3 is 10.4 Å². The third kappa shape index (κ3) is 2.31. The highest BCUT2D eigenvalue weighted by atomic mass is 32.2. The van der Waals surface area contributed by atoms with Crippen molar-refractivity contribution in [2.45, 2.75) is 31.7 Å². The molecule has 3 nitrogen and oxygen atoms in total. The second-order valence-electron chi connectivity index (χ2n) is 4.93. The van der Waals surface area contributed by atoms with Crippen molar-refractivity contribution in [3.8, 4) is 0 Å². The molecule has 0 aliphatic carbocycles. The molecule has 2 saturated heterocycles. The Kier molecular flexibility index (Phi) is 3.26. The average molecular weight is 229 g/mol. The van der Waals surface area contributed by atoms with E-state index < -0.39 is 11.5 Å². The Balaban J connectivity index is 1.94. The molecule has 2 heterocycles. The number of hydrogen-bond donors (Lipinski definition) is 2. The minimum Gasteiger partial charge on any atom is -0.480 e. The zero-order valence-corrected chi connectivity index (χ0v) is 9.98. The van der Waals surface area contributed by atoms with Crippen molar-refractivity contribution in [1.82, 2.24) is 5.32 Å². The number of thioether (sulfide) groups is 1. The number of rotatable bonds is 2. The topological polar surface area (TPSA) is 49.3 Å². The lowest BCUT2D eigenvalue weighted by Gasteiger charge is -2.27. The molecule has 0 spiro atoms. The molecule has 2 unspecified atom stereocenters. The highest BCUT2D eigenvalue weighted by molar-refractivity contribution is 7.99. The standard InChI is InChI=1S/C11H19NO2S/c1-11(10(13)14)6-9(7-12-11)8-2-4-15-5-3-8/h8-9,12H,2-7H2,1H3,(H,13,14). The van der Waals surface area contributed by atoms with E-state index in [-0.39, 0.29) is 0 Å². The molecule has 2 fully saturated rings. The average Bonchev–Trinajstić information content (AvgIpc) is 2.64. The SMILES string of the molecule is CC1(C(=O)O)CC(C2CCSCC2)CN1. The monoisotopic (exact) mass is 229 g/mol. The Labute approximate surface area is 95.0 Å². The van der Waals surface area contributed by atoms with Crippen LogP contribution in [0, 0.1) is 11.8 Å². The third-order valence-electron chi connectivity index (χ3n) is 3.83. The van der Waals surface area contributed by atoms with Crippen LogP contribution < -0.4 is 5.32 Å². The Morgan fingerprint density at radius 2 is 2.07 bits per heavy atom. The number of carboxylic acid groups (broad SMARTS) is 1. The second-order valence-corrected chi connectivity index (χ2v) is 6.16. The van der Waals surface area contributed by atoms with Crippen molar-refractivity contribution in [3.05, 3.63) is 0 Å². The highest BCUT2D eigenvalue weighted by Crippen LogP contribution is 2.36. The van der Waals surface area contributed by atoms with Crippen molar-refractivity contribution >= 4 is 17.7 Å². The molecule has 2 aliphatic heterocycles. The van der Waals surface area contributed by atoms with Crippen LogP contribution in [0.4, 0.5) is 0 Å². The summed E-state index contributed by atoms with van der Waals surface area (Å²) in [4.78, 5) is 11.1. The molecule has 0 aromatic rings. The minimum atomic E-state index is -0.699. The van der Waals surface area contributed by atoms with Crippen molar-refractivity contribution in [1.29, 1.82) is 0 Å². The summed E-state index contributed by atoms with van der Waals surface area (Å²) in [6.45, 7) is 2.70. The van der Waals surface area contributed by atoms with E-state index >= 15 is 0 Å². The second kappa shape index (κ2) is 4.34. The molecule has 86 valence electrons. The highest BCUT2D eigenvalue weighted by Gasteiger charge is 2.43. The van der Waals surface area contributed by atoms with Gasteiger partial charge in [-0.3, -0.25) is 4.79 Å². The van der Waals surface area contributed by atoms with Gasteiger partial charge in [0.15, 0.2) is 0 Å². The lowest BCUT2D eigenvalue weighted by Crippen LogP contribution is -2.44. The summed E-state index contributed by atoms with van der Waals surface area (Å²) in [7, 11) is 0. The quantitative estimate of drug-likeness (QED) is 0.755. The van der Waals surface area contributed by atoms with Gasteiger partial charge in [-0.2, -0.15) is 11.8 Å². The van der Waals surface area contributed by atoms with Gasteiger partial charge in [0.2, 0.25) is 0 Å². The van der Waals surface area contributed by atoms with Gasteiger partial charge in [-0.25, -0.2) is 0 Å². The van der Waals surface area contributed by atoms with Crippen LogP contribution in [0.1, 0.15) is 26.2 Å². The molecule has 0 aromatic heterocycles. The van der Waals surface area contributed by atoms with E-state index in [1.54, 1.807) is 0 Å². The van der Waals surface area contributed by atoms with Gasteiger partial charge in [0.1, 0.15) is 5.54 Å². The Bertz CT molecular complexity index is 253. The van der Waals surface area contributed by atoms with E-state index in [9.17, 15) is 4.79 Å². The molecule has 0 radical (unpaired) electrons. The van der Waals surface area contributed by atoms with Gasteiger partial charge in [0.05, 0.1) is 0 Å². The molecular formula is C11H19NO2S. The van der Waals surface area contributed by atoms with Crippen LogP contribution in [0.2, 0.25) is 0 Å². The van der Waals surface area contributed by atoms with Gasteiger partial charge in [-0.15, -0.1) is 0 Å². The van der Waals surface area contributed by atoms with Gasteiger partial charge in [-0.05, 0) is 56.1 Å². The van der Waals surface area contributed by atoms with E-state index in [0.717, 1.165) is 18.9 Å². The molecule has 4 heteroatoms. The smallest absolute Gasteiger partial charge is 0.323 e. The predicted octanol–water partition coefficient (Wildman–Crippen LogP) is 1.58. The normalized spacial score (nSPS) is 38.1. The first-order valence-corrected chi connectivity index (χ1v) is 6.83. The summed E-state index contributed by atoms with van der Waals surface area (Å²) in [5, 5.41) is 12.3. The summed E-state index contributed by atoms with van der Waals surface area (Å²) in [5.41, 5.74) is -0.671. The number of carboxylic acids is 1. The molecule has 2 rings (SSSR count). The van der Waals surface area contributed by atoms with Gasteiger partial charge in [0.25, 0.3) is 0 Å². The van der Waals surface area contributed by atoms with Crippen molar-refractivity contribution in [2.24, 2.45) is 11.8 Å². The number of nitrogens with one attached hydrogen (secondary N) is 1. The molecule has 2 aliphatic rings. The van der Waals surface area contributed by atoms with Crippen molar-refractivity contribution in [2.75, 3.05) is 18.1 Å². The van der Waals surface area contributed by atoms with Crippen LogP contribution in [-0.4, -0.2) is 34.7 Å². The first-order valence-electron chi connectivity index (χ1n) is 5.68. The summed E-state index contributed by atoms with van der Waals surface area (Å²) < 4.78 is 0. The summed E-state index contributed by atoms with van der Waals surface area (Å²) >= 11 is 2.03. The maximum Gasteiger partial charge on any atom is 0.323 e. The number of carbonyl (C=O) groups is 1. The molecule has 0 saturated carbocycles. The molecule has 0 amide bonds. The molecule has 2 N–H and O–H groups in total. The van der Waals surface area contributed by atoms with E-state index in [1.807, 2.05) is 18.7 Å². The summed E-state index contributed by atoms with van der Waals surface area (Å²) in [5.74, 6) is 3.14. The van der Waals surface area contributed by atoms with Gasteiger partial charge >= 0.3 is 5.97 Å². The first-order chi connectivity index (χ1) is 7.12. The van der Waals surface area contributed by atoms with Crippen molar-refractivity contribution in [3.63, 3.8) is 0 Å². The fraction of sp³-hybridized carbons (Fsp3) is 0.909. The number of aliphatic carboxylic acids is 1. The Hall–Kier alpha value is -0.220. The van der Waals surface area contributed by atoms with Gasteiger partial charge in [-0.1, -0.05) is 0 Å². The van der Waals surface area contributed by atoms with Crippen LogP contribution in [0.15, 0.2) is 0 Å². The Morgan fingerprint density at radius 1 is 1.40 bits per heavy atom. The summed E-state index contributed by atoms with van der Waals surface area (Å²) in [6.07, 6.45) is 3.34. The van der Waals surface area contributed by atoms with Crippen LogP contribution in [0.5, 0.6) is 0 Å². The van der Waals surface area contributed by atoms with E-state index in [1.165, 1.54) is 24.3 Å². The predicted molar refractivity (Wildman–Crippen MR) is 62.2 cm³/mol. The van der Waals surface area contributed by atoms with Crippen LogP contribution in [0.3, 0.4) is 0 Å². The third-order valence-corrected chi connectivity index (χ3v) is 4.88. The first kappa shape index (κ1) is 11.3. The molecule has 0 bridgehead atoms. The summed E-state index contributed by atoms with van der Waals surface area (Å²) in [6, 6.07) is 0. The van der Waals surface area contributed by atoms with E-state index in [4.69, 9.17) is 5.11 Å². The van der Waals surface area contributed by atoms with Gasteiger partial charge in [0, 0.05) is 0 Å². The molecule has 15 heavy (non-hydrogen) atoms. The van der Waals surface area contributed by atoms with E-state index in [0.29, 0.717) is 5.92 Å². The zero-order valence-electron chi connectivity index (χ0n) is 9.16. The lowest BCUT2D eigenvalue weighted by molar-refractivity contribution is -0.143. The van der Waals surface area contributed by atoms with Crippen LogP contribution in [-0.2, 0) is 4.79 Å². The number of hydrogen-bond acceptors (Lipinski definition) is 3. The zero-order chi connectivity index (χ0) is 10.9. The minimum absolute atomic E-state index is 0.576. The fourth-order valence-corrected chi connectivity index (χ4v) is 3.85.